The van der Waals surface area contributed by atoms with Crippen LogP contribution in [-0.2, 0) is 0 Å². The lowest BCUT2D eigenvalue weighted by Gasteiger charge is -2.27. The molecule has 1 atom stereocenters. The Bertz CT molecular complexity index is 462. The van der Waals surface area contributed by atoms with Crippen LogP contribution in [-0.4, -0.2) is 14.2 Å². The third kappa shape index (κ3) is 3.90. The fraction of sp³-hybridized carbons (Fsp3) is 0.625. The van der Waals surface area contributed by atoms with Crippen LogP contribution in [0.1, 0.15) is 50.1 Å². The Labute approximate surface area is 135 Å². The molecule has 5 heteroatoms. The predicted octanol–water partition coefficient (Wildman–Crippen LogP) is 3.94. The third-order valence-electron chi connectivity index (χ3n) is 4.39. The van der Waals surface area contributed by atoms with E-state index in [0.29, 0.717) is 0 Å². The first kappa shape index (κ1) is 16.6. The van der Waals surface area contributed by atoms with Crippen LogP contribution >= 0.6 is 15.9 Å². The highest BCUT2D eigenvalue weighted by atomic mass is 79.9. The van der Waals surface area contributed by atoms with Crippen LogP contribution in [0.15, 0.2) is 16.6 Å². The number of nitrogens with one attached hydrogen (secondary N) is 1. The molecule has 1 unspecified atom stereocenters. The lowest BCUT2D eigenvalue weighted by molar-refractivity contribution is 0.296. The summed E-state index contributed by atoms with van der Waals surface area (Å²) in [6.07, 6.45) is 7.70. The van der Waals surface area contributed by atoms with Crippen LogP contribution in [0, 0.1) is 5.92 Å². The Balaban J connectivity index is 2.22. The SMILES string of the molecule is COc1ccc(C(CC2CCCCC2)NN)c(OC)c1Br. The van der Waals surface area contributed by atoms with Crippen LogP contribution in [0.5, 0.6) is 11.5 Å². The van der Waals surface area contributed by atoms with Gasteiger partial charge < -0.3 is 9.47 Å². The maximum Gasteiger partial charge on any atom is 0.141 e. The van der Waals surface area contributed by atoms with E-state index in [0.717, 1.165) is 33.9 Å². The molecule has 0 saturated heterocycles. The Morgan fingerprint density at radius 1 is 1.24 bits per heavy atom. The summed E-state index contributed by atoms with van der Waals surface area (Å²) < 4.78 is 11.7. The molecule has 3 N–H and O–H groups in total. The highest BCUT2D eigenvalue weighted by Crippen LogP contribution is 2.42. The maximum absolute atomic E-state index is 5.81. The van der Waals surface area contributed by atoms with Gasteiger partial charge in [0, 0.05) is 11.6 Å². The Morgan fingerprint density at radius 2 is 1.95 bits per heavy atom. The molecule has 2 rings (SSSR count). The van der Waals surface area contributed by atoms with Crippen LogP contribution in [0.25, 0.3) is 0 Å². The zero-order valence-corrected chi connectivity index (χ0v) is 14.4. The first-order valence-corrected chi connectivity index (χ1v) is 8.37. The summed E-state index contributed by atoms with van der Waals surface area (Å²) in [5.74, 6) is 8.12. The van der Waals surface area contributed by atoms with Crippen molar-refractivity contribution in [3.63, 3.8) is 0 Å². The number of hydrogen-bond donors (Lipinski definition) is 2. The highest BCUT2D eigenvalue weighted by molar-refractivity contribution is 9.10. The van der Waals surface area contributed by atoms with Gasteiger partial charge in [-0.15, -0.1) is 0 Å². The van der Waals surface area contributed by atoms with E-state index in [1.54, 1.807) is 14.2 Å². The Hall–Kier alpha value is -0.780. The average Bonchev–Trinajstić information content (AvgIpc) is 2.53. The van der Waals surface area contributed by atoms with E-state index >= 15 is 0 Å². The second-order valence-corrected chi connectivity index (χ2v) is 6.46. The van der Waals surface area contributed by atoms with E-state index in [9.17, 15) is 0 Å². The molecule has 118 valence electrons. The molecule has 1 saturated carbocycles. The first-order valence-electron chi connectivity index (χ1n) is 7.57. The van der Waals surface area contributed by atoms with Gasteiger partial charge >= 0.3 is 0 Å². The van der Waals surface area contributed by atoms with Crippen molar-refractivity contribution in [2.75, 3.05) is 14.2 Å². The lowest BCUT2D eigenvalue weighted by atomic mass is 9.83. The van der Waals surface area contributed by atoms with Crippen molar-refractivity contribution in [3.8, 4) is 11.5 Å². The van der Waals surface area contributed by atoms with E-state index < -0.39 is 0 Å². The van der Waals surface area contributed by atoms with Crippen molar-refractivity contribution in [3.05, 3.63) is 22.2 Å². The summed E-state index contributed by atoms with van der Waals surface area (Å²) in [5.41, 5.74) is 4.05. The summed E-state index contributed by atoms with van der Waals surface area (Å²) in [6.45, 7) is 0. The Morgan fingerprint density at radius 3 is 2.52 bits per heavy atom. The molecule has 4 nitrogen and oxygen atoms in total. The van der Waals surface area contributed by atoms with Gasteiger partial charge in [-0.1, -0.05) is 32.1 Å². The molecule has 1 aliphatic carbocycles. The predicted molar refractivity (Wildman–Crippen MR) is 88.5 cm³/mol. The van der Waals surface area contributed by atoms with Gasteiger partial charge in [0.1, 0.15) is 16.0 Å². The maximum atomic E-state index is 5.81. The molecule has 1 fully saturated rings. The van der Waals surface area contributed by atoms with Crippen molar-refractivity contribution in [1.82, 2.24) is 5.43 Å². The third-order valence-corrected chi connectivity index (χ3v) is 5.14. The summed E-state index contributed by atoms with van der Waals surface area (Å²) in [7, 11) is 3.33. The standard InChI is InChI=1S/C16H25BrN2O2/c1-20-14-9-8-12(16(21-2)15(14)17)13(19-18)10-11-6-4-3-5-7-11/h8-9,11,13,19H,3-7,10,18H2,1-2H3. The van der Waals surface area contributed by atoms with Crippen LogP contribution in [0.4, 0.5) is 0 Å². The fourth-order valence-electron chi connectivity index (χ4n) is 3.23. The van der Waals surface area contributed by atoms with E-state index in [1.807, 2.05) is 12.1 Å². The van der Waals surface area contributed by atoms with E-state index in [1.165, 1.54) is 32.1 Å². The number of rotatable bonds is 6. The minimum absolute atomic E-state index is 0.102. The number of hydrazine groups is 1. The Kier molecular flexibility index (Phi) is 6.33. The normalized spacial score (nSPS) is 17.5. The average molecular weight is 357 g/mol. The van der Waals surface area contributed by atoms with E-state index in [-0.39, 0.29) is 6.04 Å². The van der Waals surface area contributed by atoms with Gasteiger partial charge in [-0.2, -0.15) is 0 Å². The quantitative estimate of drug-likeness (QED) is 0.598. The highest BCUT2D eigenvalue weighted by Gasteiger charge is 2.24. The van der Waals surface area contributed by atoms with Crippen molar-refractivity contribution in [2.45, 2.75) is 44.6 Å². The minimum atomic E-state index is 0.102. The molecule has 0 heterocycles. The summed E-state index contributed by atoms with van der Waals surface area (Å²) in [5, 5.41) is 0. The molecule has 0 aromatic heterocycles. The van der Waals surface area contributed by atoms with Crippen LogP contribution in [0.3, 0.4) is 0 Å². The van der Waals surface area contributed by atoms with Gasteiger partial charge in [-0.25, -0.2) is 0 Å². The second kappa shape index (κ2) is 8.01. The lowest BCUT2D eigenvalue weighted by Crippen LogP contribution is -2.30. The molecule has 21 heavy (non-hydrogen) atoms. The number of halogens is 1. The molecule has 0 bridgehead atoms. The molecule has 0 amide bonds. The van der Waals surface area contributed by atoms with Gasteiger partial charge in [0.2, 0.25) is 0 Å². The van der Waals surface area contributed by atoms with Gasteiger partial charge in [0.25, 0.3) is 0 Å². The number of methoxy groups -OCH3 is 2. The van der Waals surface area contributed by atoms with Crippen molar-refractivity contribution >= 4 is 15.9 Å². The van der Waals surface area contributed by atoms with Gasteiger partial charge in [0.15, 0.2) is 0 Å². The monoisotopic (exact) mass is 356 g/mol. The molecule has 1 aliphatic rings. The molecular formula is C16H25BrN2O2. The smallest absolute Gasteiger partial charge is 0.141 e. The second-order valence-electron chi connectivity index (χ2n) is 5.66. The summed E-state index contributed by atoms with van der Waals surface area (Å²) >= 11 is 3.56. The molecule has 0 aliphatic heterocycles. The van der Waals surface area contributed by atoms with E-state index in [2.05, 4.69) is 21.4 Å². The zero-order valence-electron chi connectivity index (χ0n) is 12.8. The largest absolute Gasteiger partial charge is 0.495 e. The van der Waals surface area contributed by atoms with Crippen LogP contribution < -0.4 is 20.7 Å². The number of hydrogen-bond acceptors (Lipinski definition) is 4. The molecular weight excluding hydrogens is 332 g/mol. The van der Waals surface area contributed by atoms with Gasteiger partial charge in [0.05, 0.1) is 14.2 Å². The van der Waals surface area contributed by atoms with E-state index in [4.69, 9.17) is 15.3 Å². The number of benzene rings is 1. The summed E-state index contributed by atoms with van der Waals surface area (Å²) in [4.78, 5) is 0. The topological polar surface area (TPSA) is 56.5 Å². The fourth-order valence-corrected chi connectivity index (χ4v) is 3.92. The number of nitrogens with two attached hydrogens (primary N) is 1. The minimum Gasteiger partial charge on any atom is -0.495 e. The van der Waals surface area contributed by atoms with Crippen molar-refractivity contribution in [2.24, 2.45) is 11.8 Å². The van der Waals surface area contributed by atoms with Crippen molar-refractivity contribution in [1.29, 1.82) is 0 Å². The van der Waals surface area contributed by atoms with Crippen LogP contribution in [0.2, 0.25) is 0 Å². The first-order chi connectivity index (χ1) is 10.2. The molecule has 1 aromatic rings. The molecule has 0 spiro atoms. The number of ether oxygens (including phenoxy) is 2. The zero-order chi connectivity index (χ0) is 15.2. The van der Waals surface area contributed by atoms with Gasteiger partial charge in [-0.3, -0.25) is 11.3 Å². The molecule has 1 aromatic carbocycles. The summed E-state index contributed by atoms with van der Waals surface area (Å²) in [6, 6.07) is 4.09. The van der Waals surface area contributed by atoms with Crippen molar-refractivity contribution < 1.29 is 9.47 Å². The molecule has 0 radical (unpaired) electrons. The van der Waals surface area contributed by atoms with Gasteiger partial charge in [-0.05, 0) is 40.4 Å².